The Hall–Kier alpha value is -1.27. The second-order valence-electron chi connectivity index (χ2n) is 3.92. The lowest BCUT2D eigenvalue weighted by molar-refractivity contribution is 0.255. The fourth-order valence-electron chi connectivity index (χ4n) is 1.53. The highest BCUT2D eigenvalue weighted by atomic mass is 32.2. The zero-order chi connectivity index (χ0) is 14.3. The molecule has 0 aliphatic carbocycles. The van der Waals surface area contributed by atoms with Crippen LogP contribution < -0.4 is 9.47 Å². The van der Waals surface area contributed by atoms with Crippen LogP contribution in [0, 0.1) is 0 Å². The van der Waals surface area contributed by atoms with Crippen LogP contribution in [0.2, 0.25) is 0 Å². The van der Waals surface area contributed by atoms with E-state index in [2.05, 4.69) is 0 Å². The highest BCUT2D eigenvalue weighted by molar-refractivity contribution is 7.91. The predicted molar refractivity (Wildman–Crippen MR) is 73.4 cm³/mol. The molecule has 0 saturated heterocycles. The summed E-state index contributed by atoms with van der Waals surface area (Å²) in [6.07, 6.45) is 0. The van der Waals surface area contributed by atoms with Crippen molar-refractivity contribution in [2.24, 2.45) is 0 Å². The minimum absolute atomic E-state index is 0.0468. The number of benzene rings is 1. The van der Waals surface area contributed by atoms with E-state index in [1.165, 1.54) is 0 Å². The first-order chi connectivity index (χ1) is 9.04. The smallest absolute Gasteiger partial charge is 0.166 e. The third-order valence-electron chi connectivity index (χ3n) is 2.61. The quantitative estimate of drug-likeness (QED) is 0.782. The monoisotopic (exact) mass is 288 g/mol. The molecule has 0 aliphatic heterocycles. The van der Waals surface area contributed by atoms with Crippen molar-refractivity contribution in [2.45, 2.75) is 20.5 Å². The molecule has 0 bridgehead atoms. The van der Waals surface area contributed by atoms with Gasteiger partial charge in [-0.3, -0.25) is 0 Å². The molecule has 6 heteroatoms. The van der Waals surface area contributed by atoms with Gasteiger partial charge in [-0.05, 0) is 13.0 Å². The van der Waals surface area contributed by atoms with Crippen molar-refractivity contribution < 1.29 is 23.0 Å². The molecule has 0 atom stereocenters. The zero-order valence-corrected chi connectivity index (χ0v) is 12.1. The Balaban J connectivity index is 2.80. The SMILES string of the molecule is CCOc1cccc(CO)c1OCCS(=O)(=O)CC. The van der Waals surface area contributed by atoms with Gasteiger partial charge in [0.2, 0.25) is 0 Å². The van der Waals surface area contributed by atoms with Crippen LogP contribution in [0.15, 0.2) is 18.2 Å². The van der Waals surface area contributed by atoms with Crippen molar-refractivity contribution in [3.8, 4) is 11.5 Å². The molecule has 1 aromatic rings. The molecular formula is C13H20O5S. The highest BCUT2D eigenvalue weighted by Crippen LogP contribution is 2.31. The van der Waals surface area contributed by atoms with Crippen LogP contribution in [-0.2, 0) is 16.4 Å². The molecule has 0 radical (unpaired) electrons. The summed E-state index contributed by atoms with van der Waals surface area (Å²) in [6, 6.07) is 5.20. The molecule has 1 aromatic carbocycles. The maximum Gasteiger partial charge on any atom is 0.166 e. The van der Waals surface area contributed by atoms with E-state index >= 15 is 0 Å². The summed E-state index contributed by atoms with van der Waals surface area (Å²) in [7, 11) is -3.06. The topological polar surface area (TPSA) is 72.8 Å². The lowest BCUT2D eigenvalue weighted by Gasteiger charge is -2.14. The van der Waals surface area contributed by atoms with Gasteiger partial charge >= 0.3 is 0 Å². The van der Waals surface area contributed by atoms with Gasteiger partial charge in [-0.2, -0.15) is 0 Å². The van der Waals surface area contributed by atoms with Gasteiger partial charge in [0.15, 0.2) is 21.3 Å². The van der Waals surface area contributed by atoms with Crippen LogP contribution in [0.25, 0.3) is 0 Å². The summed E-state index contributed by atoms with van der Waals surface area (Å²) in [6.45, 7) is 3.78. The number of para-hydroxylation sites is 1. The fraction of sp³-hybridized carbons (Fsp3) is 0.538. The van der Waals surface area contributed by atoms with Gasteiger partial charge in [-0.1, -0.05) is 19.1 Å². The van der Waals surface area contributed by atoms with E-state index in [1.807, 2.05) is 6.92 Å². The van der Waals surface area contributed by atoms with E-state index in [0.29, 0.717) is 23.7 Å². The molecule has 0 heterocycles. The summed E-state index contributed by atoms with van der Waals surface area (Å²) in [5.74, 6) is 0.978. The minimum atomic E-state index is -3.06. The molecule has 1 rings (SSSR count). The van der Waals surface area contributed by atoms with E-state index in [0.717, 1.165) is 0 Å². The fourth-order valence-corrected chi connectivity index (χ4v) is 2.16. The minimum Gasteiger partial charge on any atom is -0.490 e. The van der Waals surface area contributed by atoms with E-state index in [4.69, 9.17) is 9.47 Å². The highest BCUT2D eigenvalue weighted by Gasteiger charge is 2.13. The Morgan fingerprint density at radius 1 is 1.21 bits per heavy atom. The van der Waals surface area contributed by atoms with E-state index < -0.39 is 9.84 Å². The summed E-state index contributed by atoms with van der Waals surface area (Å²) in [4.78, 5) is 0. The number of ether oxygens (including phenoxy) is 2. The Morgan fingerprint density at radius 3 is 2.53 bits per heavy atom. The van der Waals surface area contributed by atoms with Crippen LogP contribution in [0.4, 0.5) is 0 Å². The second kappa shape index (κ2) is 7.35. The first kappa shape index (κ1) is 15.8. The summed E-state index contributed by atoms with van der Waals surface area (Å²) in [5, 5.41) is 9.26. The molecule has 108 valence electrons. The Labute approximate surface area is 114 Å². The van der Waals surface area contributed by atoms with Crippen LogP contribution in [-0.4, -0.2) is 38.2 Å². The van der Waals surface area contributed by atoms with Crippen molar-refractivity contribution in [1.82, 2.24) is 0 Å². The van der Waals surface area contributed by atoms with E-state index in [9.17, 15) is 13.5 Å². The molecule has 19 heavy (non-hydrogen) atoms. The molecule has 0 saturated carbocycles. The third-order valence-corrected chi connectivity index (χ3v) is 4.28. The van der Waals surface area contributed by atoms with Crippen LogP contribution in [0.1, 0.15) is 19.4 Å². The molecule has 0 spiro atoms. The lowest BCUT2D eigenvalue weighted by Crippen LogP contribution is -2.16. The summed E-state index contributed by atoms with van der Waals surface area (Å²) in [5.41, 5.74) is 0.583. The molecule has 0 fully saturated rings. The molecule has 0 unspecified atom stereocenters. The third kappa shape index (κ3) is 4.72. The van der Waals surface area contributed by atoms with Gasteiger partial charge in [-0.25, -0.2) is 8.42 Å². The molecule has 0 aliphatic rings. The first-order valence-electron chi connectivity index (χ1n) is 6.22. The van der Waals surface area contributed by atoms with Crippen molar-refractivity contribution in [3.05, 3.63) is 23.8 Å². The van der Waals surface area contributed by atoms with E-state index in [1.54, 1.807) is 25.1 Å². The Morgan fingerprint density at radius 2 is 1.95 bits per heavy atom. The molecule has 5 nitrogen and oxygen atoms in total. The van der Waals surface area contributed by atoms with Gasteiger partial charge in [0.05, 0.1) is 19.0 Å². The number of aliphatic hydroxyl groups is 1. The van der Waals surface area contributed by atoms with Crippen molar-refractivity contribution in [1.29, 1.82) is 0 Å². The number of sulfone groups is 1. The maximum atomic E-state index is 11.4. The largest absolute Gasteiger partial charge is 0.490 e. The average Bonchev–Trinajstić information content (AvgIpc) is 2.40. The molecule has 0 amide bonds. The van der Waals surface area contributed by atoms with Crippen LogP contribution in [0.3, 0.4) is 0 Å². The second-order valence-corrected chi connectivity index (χ2v) is 6.39. The summed E-state index contributed by atoms with van der Waals surface area (Å²) >= 11 is 0. The van der Waals surface area contributed by atoms with Crippen LogP contribution >= 0.6 is 0 Å². The van der Waals surface area contributed by atoms with Gasteiger partial charge in [0.25, 0.3) is 0 Å². The van der Waals surface area contributed by atoms with E-state index in [-0.39, 0.29) is 24.7 Å². The van der Waals surface area contributed by atoms with Gasteiger partial charge < -0.3 is 14.6 Å². The number of rotatable bonds is 8. The Bertz CT molecular complexity index is 496. The first-order valence-corrected chi connectivity index (χ1v) is 8.05. The standard InChI is InChI=1S/C13H20O5S/c1-3-17-12-7-5-6-11(10-14)13(12)18-8-9-19(15,16)4-2/h5-7,14H,3-4,8-10H2,1-2H3. The molecule has 1 N–H and O–H groups in total. The molecular weight excluding hydrogens is 268 g/mol. The van der Waals surface area contributed by atoms with Crippen LogP contribution in [0.5, 0.6) is 11.5 Å². The normalized spacial score (nSPS) is 11.3. The summed E-state index contributed by atoms with van der Waals surface area (Å²) < 4.78 is 33.7. The van der Waals surface area contributed by atoms with Crippen molar-refractivity contribution in [2.75, 3.05) is 24.7 Å². The van der Waals surface area contributed by atoms with Crippen molar-refractivity contribution >= 4 is 9.84 Å². The lowest BCUT2D eigenvalue weighted by atomic mass is 10.2. The van der Waals surface area contributed by atoms with Gasteiger partial charge in [-0.15, -0.1) is 0 Å². The predicted octanol–water partition coefficient (Wildman–Crippen LogP) is 1.39. The van der Waals surface area contributed by atoms with Gasteiger partial charge in [0.1, 0.15) is 6.61 Å². The maximum absolute atomic E-state index is 11.4. The number of aliphatic hydroxyl groups excluding tert-OH is 1. The Kier molecular flexibility index (Phi) is 6.11. The number of hydrogen-bond donors (Lipinski definition) is 1. The zero-order valence-electron chi connectivity index (χ0n) is 11.3. The molecule has 0 aromatic heterocycles. The van der Waals surface area contributed by atoms with Gasteiger partial charge in [0, 0.05) is 11.3 Å². The van der Waals surface area contributed by atoms with Crippen molar-refractivity contribution in [3.63, 3.8) is 0 Å². The average molecular weight is 288 g/mol. The number of hydrogen-bond acceptors (Lipinski definition) is 5.